The molecule has 32 heavy (non-hydrogen) atoms. The van der Waals surface area contributed by atoms with E-state index in [0.717, 1.165) is 20.1 Å². The summed E-state index contributed by atoms with van der Waals surface area (Å²) in [4.78, 5) is 0. The first-order chi connectivity index (χ1) is 14.9. The van der Waals surface area contributed by atoms with Gasteiger partial charge in [-0.05, 0) is 46.5 Å². The predicted molar refractivity (Wildman–Crippen MR) is 153 cm³/mol. The lowest BCUT2D eigenvalue weighted by Crippen LogP contribution is -2.16. The van der Waals surface area contributed by atoms with E-state index in [1.54, 1.807) is 0 Å². The van der Waals surface area contributed by atoms with Crippen LogP contribution >= 0.6 is 31.9 Å². The monoisotopic (exact) mass is 578 g/mol. The van der Waals surface area contributed by atoms with Crippen LogP contribution in [0.4, 0.5) is 0 Å². The molecule has 0 fully saturated rings. The van der Waals surface area contributed by atoms with E-state index in [4.69, 9.17) is 0 Å². The molecule has 0 bridgehead atoms. The van der Waals surface area contributed by atoms with Crippen LogP contribution in [-0.2, 0) is 0 Å². The summed E-state index contributed by atoms with van der Waals surface area (Å²) in [5.74, 6) is 6.89. The summed E-state index contributed by atoms with van der Waals surface area (Å²) in [6.07, 6.45) is 0. The fourth-order valence-electron chi connectivity index (χ4n) is 3.08. The van der Waals surface area contributed by atoms with Crippen LogP contribution in [0.25, 0.3) is 22.3 Å². The first-order valence-electron chi connectivity index (χ1n) is 10.7. The van der Waals surface area contributed by atoms with Gasteiger partial charge < -0.3 is 0 Å². The Morgan fingerprint density at radius 2 is 0.875 bits per heavy atom. The third-order valence-electron chi connectivity index (χ3n) is 4.61. The first kappa shape index (κ1) is 24.8. The van der Waals surface area contributed by atoms with Crippen molar-refractivity contribution in [2.24, 2.45) is 0 Å². The van der Waals surface area contributed by atoms with Gasteiger partial charge in [0, 0.05) is 20.1 Å². The lowest BCUT2D eigenvalue weighted by atomic mass is 9.95. The van der Waals surface area contributed by atoms with Gasteiger partial charge in [-0.3, -0.25) is 0 Å². The van der Waals surface area contributed by atoms with Crippen molar-refractivity contribution in [1.29, 1.82) is 0 Å². The average Bonchev–Trinajstić information content (AvgIpc) is 2.70. The molecule has 3 rings (SSSR count). The second-order valence-electron chi connectivity index (χ2n) is 9.96. The summed E-state index contributed by atoms with van der Waals surface area (Å²) in [5, 5.41) is 0. The van der Waals surface area contributed by atoms with Gasteiger partial charge in [-0.1, -0.05) is 119 Å². The lowest BCUT2D eigenvalue weighted by molar-refractivity contribution is 1.53. The molecule has 0 N–H and O–H groups in total. The average molecular weight is 581 g/mol. The molecule has 0 aliphatic carbocycles. The highest BCUT2D eigenvalue weighted by molar-refractivity contribution is 9.10. The van der Waals surface area contributed by atoms with E-state index in [1.807, 2.05) is 0 Å². The van der Waals surface area contributed by atoms with Gasteiger partial charge in [-0.15, -0.1) is 11.1 Å². The lowest BCUT2D eigenvalue weighted by Gasteiger charge is -2.11. The van der Waals surface area contributed by atoms with E-state index in [1.165, 1.54) is 22.3 Å². The van der Waals surface area contributed by atoms with Crippen LogP contribution in [0.15, 0.2) is 69.6 Å². The minimum absolute atomic E-state index is 1.05. The summed E-state index contributed by atoms with van der Waals surface area (Å²) in [7, 11) is -2.91. The smallest absolute Gasteiger partial charge is 0.127 e. The van der Waals surface area contributed by atoms with Crippen LogP contribution in [0.1, 0.15) is 11.1 Å². The second-order valence-corrected chi connectivity index (χ2v) is 21.3. The minimum atomic E-state index is -1.46. The van der Waals surface area contributed by atoms with Gasteiger partial charge in [-0.2, -0.15) is 0 Å². The Bertz CT molecular complexity index is 1150. The summed E-state index contributed by atoms with van der Waals surface area (Å²) in [6, 6.07) is 21.5. The van der Waals surface area contributed by atoms with E-state index >= 15 is 0 Å². The van der Waals surface area contributed by atoms with E-state index in [0.29, 0.717) is 0 Å². The summed E-state index contributed by atoms with van der Waals surface area (Å²) in [5.41, 5.74) is 13.8. The Balaban J connectivity index is 2.04. The molecule has 3 aromatic carbocycles. The maximum Gasteiger partial charge on any atom is 0.129 e. The van der Waals surface area contributed by atoms with Gasteiger partial charge in [0.25, 0.3) is 0 Å². The molecule has 0 aromatic heterocycles. The Morgan fingerprint density at radius 1 is 0.531 bits per heavy atom. The molecular weight excluding hydrogens is 552 g/mol. The second kappa shape index (κ2) is 9.98. The van der Waals surface area contributed by atoms with Crippen molar-refractivity contribution in [2.75, 3.05) is 0 Å². The highest BCUT2D eigenvalue weighted by atomic mass is 79.9. The molecule has 162 valence electrons. The van der Waals surface area contributed by atoms with Crippen molar-refractivity contribution < 1.29 is 0 Å². The van der Waals surface area contributed by atoms with E-state index < -0.39 is 16.1 Å². The third kappa shape index (κ3) is 7.09. The van der Waals surface area contributed by atoms with Gasteiger partial charge in [0.05, 0.1) is 0 Å². The molecule has 3 aromatic rings. The van der Waals surface area contributed by atoms with Crippen LogP contribution in [-0.4, -0.2) is 16.1 Å². The minimum Gasteiger partial charge on any atom is -0.127 e. The predicted octanol–water partition coefficient (Wildman–Crippen LogP) is 9.00. The Kier molecular flexibility index (Phi) is 7.74. The standard InChI is InChI=1S/C28H28Br2Si2/c1-31(2,3)17-15-23-19-25(29)11-13-27(23)21-7-9-22(10-8-21)28-14-12-26(30)20-24(28)16-18-32(4,5)6/h7-14,19-20H,1-6H3. The number of hydrogen-bond donors (Lipinski definition) is 0. The largest absolute Gasteiger partial charge is 0.129 e. The van der Waals surface area contributed by atoms with Crippen molar-refractivity contribution in [3.8, 4) is 45.2 Å². The summed E-state index contributed by atoms with van der Waals surface area (Å²) >= 11 is 7.21. The maximum atomic E-state index is 3.60. The molecule has 0 aliphatic rings. The van der Waals surface area contributed by atoms with Crippen LogP contribution in [0.3, 0.4) is 0 Å². The van der Waals surface area contributed by atoms with Crippen molar-refractivity contribution in [2.45, 2.75) is 39.3 Å². The zero-order chi connectivity index (χ0) is 23.5. The zero-order valence-electron chi connectivity index (χ0n) is 19.5. The van der Waals surface area contributed by atoms with Gasteiger partial charge in [-0.25, -0.2) is 0 Å². The van der Waals surface area contributed by atoms with Gasteiger partial charge in [0.1, 0.15) is 16.1 Å². The molecule has 4 heteroatoms. The van der Waals surface area contributed by atoms with Gasteiger partial charge >= 0.3 is 0 Å². The topological polar surface area (TPSA) is 0 Å². The normalized spacial score (nSPS) is 11.2. The van der Waals surface area contributed by atoms with Gasteiger partial charge in [0.2, 0.25) is 0 Å². The molecule has 0 nitrogen and oxygen atoms in total. The quantitative estimate of drug-likeness (QED) is 0.210. The van der Waals surface area contributed by atoms with E-state index in [-0.39, 0.29) is 0 Å². The van der Waals surface area contributed by atoms with Crippen molar-refractivity contribution in [3.05, 3.63) is 80.7 Å². The third-order valence-corrected chi connectivity index (χ3v) is 7.35. The number of rotatable bonds is 2. The fourth-order valence-corrected chi connectivity index (χ4v) is 4.82. The van der Waals surface area contributed by atoms with Crippen LogP contribution in [0, 0.1) is 22.9 Å². The van der Waals surface area contributed by atoms with Crippen LogP contribution < -0.4 is 0 Å². The number of hydrogen-bond acceptors (Lipinski definition) is 0. The highest BCUT2D eigenvalue weighted by Crippen LogP contribution is 2.31. The van der Waals surface area contributed by atoms with Crippen molar-refractivity contribution in [3.63, 3.8) is 0 Å². The van der Waals surface area contributed by atoms with Crippen molar-refractivity contribution >= 4 is 48.0 Å². The molecule has 0 saturated carbocycles. The Hall–Kier alpha value is -1.83. The SMILES string of the molecule is C[Si](C)(C)C#Cc1cc(Br)ccc1-c1ccc(-c2ccc(Br)cc2C#C[Si](C)(C)C)cc1. The molecule has 0 aliphatic heterocycles. The maximum absolute atomic E-state index is 3.60. The molecule has 0 radical (unpaired) electrons. The number of benzene rings is 3. The Labute approximate surface area is 212 Å². The van der Waals surface area contributed by atoms with Crippen LogP contribution in [0.5, 0.6) is 0 Å². The van der Waals surface area contributed by atoms with E-state index in [2.05, 4.69) is 155 Å². The molecule has 0 unspecified atom stereocenters. The molecule has 0 heterocycles. The fraction of sp³-hybridized carbons (Fsp3) is 0.214. The first-order valence-corrected chi connectivity index (χ1v) is 19.3. The van der Waals surface area contributed by atoms with E-state index in [9.17, 15) is 0 Å². The molecule has 0 saturated heterocycles. The van der Waals surface area contributed by atoms with Crippen molar-refractivity contribution in [1.82, 2.24) is 0 Å². The molecule has 0 atom stereocenters. The highest BCUT2D eigenvalue weighted by Gasteiger charge is 2.11. The van der Waals surface area contributed by atoms with Gasteiger partial charge in [0.15, 0.2) is 0 Å². The molecular formula is C28H28Br2Si2. The molecule has 0 spiro atoms. The number of halogens is 2. The Morgan fingerprint density at radius 3 is 1.19 bits per heavy atom. The molecule has 0 amide bonds. The summed E-state index contributed by atoms with van der Waals surface area (Å²) in [6.45, 7) is 13.6. The summed E-state index contributed by atoms with van der Waals surface area (Å²) < 4.78 is 2.11. The van der Waals surface area contributed by atoms with Crippen LogP contribution in [0.2, 0.25) is 39.3 Å². The zero-order valence-corrected chi connectivity index (χ0v) is 24.7.